The van der Waals surface area contributed by atoms with Crippen LogP contribution in [0.3, 0.4) is 0 Å². The molecule has 0 radical (unpaired) electrons. The SMILES string of the molecule is CN(CC(=O)N1CCNCC1)C(=O)c1cc(=O)[nH]c(=O)[nH]1. The van der Waals surface area contributed by atoms with Gasteiger partial charge in [-0.05, 0) is 0 Å². The van der Waals surface area contributed by atoms with Crippen LogP contribution in [0.5, 0.6) is 0 Å². The van der Waals surface area contributed by atoms with Crippen molar-refractivity contribution in [3.05, 3.63) is 32.6 Å². The Bertz CT molecular complexity index is 615. The molecular formula is C12H17N5O4. The van der Waals surface area contributed by atoms with Gasteiger partial charge in [-0.15, -0.1) is 0 Å². The number of rotatable bonds is 3. The predicted octanol–water partition coefficient (Wildman–Crippen LogP) is -2.43. The molecule has 21 heavy (non-hydrogen) atoms. The summed E-state index contributed by atoms with van der Waals surface area (Å²) in [5.74, 6) is -0.749. The molecule has 3 N–H and O–H groups in total. The Morgan fingerprint density at radius 1 is 1.24 bits per heavy atom. The molecule has 1 saturated heterocycles. The van der Waals surface area contributed by atoms with Gasteiger partial charge in [0.2, 0.25) is 5.91 Å². The minimum Gasteiger partial charge on any atom is -0.339 e. The highest BCUT2D eigenvalue weighted by Crippen LogP contribution is 1.99. The minimum absolute atomic E-state index is 0.104. The molecule has 0 unspecified atom stereocenters. The third kappa shape index (κ3) is 3.78. The molecule has 1 aliphatic rings. The van der Waals surface area contributed by atoms with Crippen LogP contribution < -0.4 is 16.6 Å². The number of aromatic amines is 2. The summed E-state index contributed by atoms with van der Waals surface area (Å²) in [6, 6.07) is 0.996. The van der Waals surface area contributed by atoms with Crippen molar-refractivity contribution in [3.63, 3.8) is 0 Å². The number of likely N-dealkylation sites (N-methyl/N-ethyl adjacent to an activating group) is 1. The van der Waals surface area contributed by atoms with E-state index in [1.165, 1.54) is 11.9 Å². The Morgan fingerprint density at radius 2 is 1.90 bits per heavy atom. The Morgan fingerprint density at radius 3 is 2.52 bits per heavy atom. The van der Waals surface area contributed by atoms with Crippen molar-refractivity contribution >= 4 is 11.8 Å². The van der Waals surface area contributed by atoms with E-state index in [1.54, 1.807) is 4.90 Å². The number of carbonyl (C=O) groups is 2. The normalized spacial score (nSPS) is 14.8. The van der Waals surface area contributed by atoms with Crippen molar-refractivity contribution in [1.82, 2.24) is 25.1 Å². The second-order valence-corrected chi connectivity index (χ2v) is 4.79. The van der Waals surface area contributed by atoms with E-state index in [-0.39, 0.29) is 18.1 Å². The zero-order chi connectivity index (χ0) is 15.4. The van der Waals surface area contributed by atoms with Crippen molar-refractivity contribution in [3.8, 4) is 0 Å². The molecule has 0 atom stereocenters. The highest BCUT2D eigenvalue weighted by atomic mass is 16.2. The third-order valence-corrected chi connectivity index (χ3v) is 3.18. The second-order valence-electron chi connectivity index (χ2n) is 4.79. The maximum Gasteiger partial charge on any atom is 0.326 e. The first-order valence-corrected chi connectivity index (χ1v) is 6.55. The smallest absolute Gasteiger partial charge is 0.326 e. The summed E-state index contributed by atoms with van der Waals surface area (Å²) < 4.78 is 0. The lowest BCUT2D eigenvalue weighted by molar-refractivity contribution is -0.132. The second kappa shape index (κ2) is 6.35. The van der Waals surface area contributed by atoms with E-state index in [1.807, 2.05) is 4.98 Å². The Hall–Kier alpha value is -2.42. The van der Waals surface area contributed by atoms with Crippen LogP contribution in [0.2, 0.25) is 0 Å². The lowest BCUT2D eigenvalue weighted by atomic mass is 10.3. The largest absolute Gasteiger partial charge is 0.339 e. The molecule has 2 amide bonds. The molecule has 0 spiro atoms. The van der Waals surface area contributed by atoms with Gasteiger partial charge in [0.05, 0.1) is 6.54 Å². The van der Waals surface area contributed by atoms with Gasteiger partial charge in [-0.2, -0.15) is 0 Å². The first kappa shape index (κ1) is 15.0. The lowest BCUT2D eigenvalue weighted by Crippen LogP contribution is -2.50. The molecule has 1 aliphatic heterocycles. The first-order chi connectivity index (χ1) is 9.97. The number of nitrogens with one attached hydrogen (secondary N) is 3. The topological polar surface area (TPSA) is 118 Å². The van der Waals surface area contributed by atoms with E-state index in [0.29, 0.717) is 13.1 Å². The maximum atomic E-state index is 12.1. The number of carbonyl (C=O) groups excluding carboxylic acids is 2. The molecule has 114 valence electrons. The quantitative estimate of drug-likeness (QED) is 0.573. The number of piperazine rings is 1. The third-order valence-electron chi connectivity index (χ3n) is 3.18. The fourth-order valence-electron chi connectivity index (χ4n) is 2.08. The molecule has 1 fully saturated rings. The summed E-state index contributed by atoms with van der Waals surface area (Å²) in [6.07, 6.45) is 0. The van der Waals surface area contributed by atoms with Gasteiger partial charge in [0.15, 0.2) is 0 Å². The molecule has 2 rings (SSSR count). The number of hydrogen-bond acceptors (Lipinski definition) is 5. The van der Waals surface area contributed by atoms with Gasteiger partial charge in [-0.3, -0.25) is 19.4 Å². The zero-order valence-corrected chi connectivity index (χ0v) is 11.6. The summed E-state index contributed by atoms with van der Waals surface area (Å²) >= 11 is 0. The summed E-state index contributed by atoms with van der Waals surface area (Å²) in [5, 5.41) is 3.13. The predicted molar refractivity (Wildman–Crippen MR) is 74.1 cm³/mol. The van der Waals surface area contributed by atoms with E-state index in [9.17, 15) is 19.2 Å². The Kier molecular flexibility index (Phi) is 4.53. The number of H-pyrrole nitrogens is 2. The molecule has 2 heterocycles. The van der Waals surface area contributed by atoms with Crippen LogP contribution in [0.4, 0.5) is 0 Å². The van der Waals surface area contributed by atoms with Crippen LogP contribution in [0.1, 0.15) is 10.5 Å². The lowest BCUT2D eigenvalue weighted by Gasteiger charge is -2.29. The fraction of sp³-hybridized carbons (Fsp3) is 0.500. The van der Waals surface area contributed by atoms with Gasteiger partial charge in [-0.25, -0.2) is 4.79 Å². The average molecular weight is 295 g/mol. The Labute approximate surface area is 120 Å². The molecule has 0 aliphatic carbocycles. The maximum absolute atomic E-state index is 12.1. The van der Waals surface area contributed by atoms with Crippen LogP contribution in [-0.4, -0.2) is 71.4 Å². The molecule has 0 aromatic carbocycles. The highest BCUT2D eigenvalue weighted by molar-refractivity contribution is 5.94. The number of hydrogen-bond donors (Lipinski definition) is 3. The molecular weight excluding hydrogens is 278 g/mol. The van der Waals surface area contributed by atoms with Crippen molar-refractivity contribution in [2.75, 3.05) is 39.8 Å². The van der Waals surface area contributed by atoms with Crippen molar-refractivity contribution in [2.24, 2.45) is 0 Å². The van der Waals surface area contributed by atoms with Crippen LogP contribution in [-0.2, 0) is 4.79 Å². The van der Waals surface area contributed by atoms with Crippen molar-refractivity contribution < 1.29 is 9.59 Å². The molecule has 0 bridgehead atoms. The van der Waals surface area contributed by atoms with E-state index in [4.69, 9.17) is 0 Å². The molecule has 9 nitrogen and oxygen atoms in total. The van der Waals surface area contributed by atoms with Gasteiger partial charge in [0, 0.05) is 39.3 Å². The van der Waals surface area contributed by atoms with E-state index in [0.717, 1.165) is 19.2 Å². The number of aromatic nitrogens is 2. The summed E-state index contributed by atoms with van der Waals surface area (Å²) in [7, 11) is 1.45. The number of amides is 2. The molecule has 0 saturated carbocycles. The van der Waals surface area contributed by atoms with Crippen LogP contribution in [0.25, 0.3) is 0 Å². The van der Waals surface area contributed by atoms with E-state index in [2.05, 4.69) is 10.3 Å². The zero-order valence-electron chi connectivity index (χ0n) is 11.6. The molecule has 1 aromatic heterocycles. The molecule has 9 heteroatoms. The molecule has 1 aromatic rings. The van der Waals surface area contributed by atoms with Crippen LogP contribution >= 0.6 is 0 Å². The van der Waals surface area contributed by atoms with Gasteiger partial charge < -0.3 is 20.1 Å². The van der Waals surface area contributed by atoms with Gasteiger partial charge in [-0.1, -0.05) is 0 Å². The van der Waals surface area contributed by atoms with Crippen molar-refractivity contribution in [2.45, 2.75) is 0 Å². The summed E-state index contributed by atoms with van der Waals surface area (Å²) in [5.41, 5.74) is -1.56. The van der Waals surface area contributed by atoms with E-state index < -0.39 is 17.2 Å². The van der Waals surface area contributed by atoms with Gasteiger partial charge in [0.25, 0.3) is 11.5 Å². The van der Waals surface area contributed by atoms with Crippen LogP contribution in [0.15, 0.2) is 15.7 Å². The highest BCUT2D eigenvalue weighted by Gasteiger charge is 2.21. The van der Waals surface area contributed by atoms with Gasteiger partial charge in [0.1, 0.15) is 5.69 Å². The first-order valence-electron chi connectivity index (χ1n) is 6.55. The average Bonchev–Trinajstić information content (AvgIpc) is 2.46. The summed E-state index contributed by atoms with van der Waals surface area (Å²) in [6.45, 7) is 2.55. The standard InChI is InChI=1S/C12H17N5O4/c1-16(7-10(19)17-4-2-13-3-5-17)11(20)8-6-9(18)15-12(21)14-8/h6,13H,2-5,7H2,1H3,(H2,14,15,18,21). The fourth-order valence-corrected chi connectivity index (χ4v) is 2.08. The number of nitrogens with zero attached hydrogens (tertiary/aromatic N) is 2. The van der Waals surface area contributed by atoms with E-state index >= 15 is 0 Å². The Balaban J connectivity index is 2.03. The van der Waals surface area contributed by atoms with Crippen molar-refractivity contribution in [1.29, 1.82) is 0 Å². The van der Waals surface area contributed by atoms with Gasteiger partial charge >= 0.3 is 5.69 Å². The van der Waals surface area contributed by atoms with Crippen LogP contribution in [0, 0.1) is 0 Å². The summed E-state index contributed by atoms with van der Waals surface area (Å²) in [4.78, 5) is 53.5. The minimum atomic E-state index is -0.757. The monoisotopic (exact) mass is 295 g/mol.